The second-order valence-corrected chi connectivity index (χ2v) is 7.18. The maximum Gasteiger partial charge on any atom is 0.124 e. The number of nitrogens with one attached hydrogen (secondary N) is 3. The number of aromatic nitrogens is 2. The molecule has 0 radical (unpaired) electrons. The number of fused-ring (bicyclic) bond motifs is 1. The summed E-state index contributed by atoms with van der Waals surface area (Å²) in [5.41, 5.74) is 9.00. The molecule has 5 nitrogen and oxygen atoms in total. The lowest BCUT2D eigenvalue weighted by molar-refractivity contribution is 0.114. The van der Waals surface area contributed by atoms with Crippen LogP contribution in [-0.4, -0.2) is 40.0 Å². The molecule has 2 saturated heterocycles. The average Bonchev–Trinajstić information content (AvgIpc) is 3.13. The van der Waals surface area contributed by atoms with Gasteiger partial charge in [0, 0.05) is 24.5 Å². The summed E-state index contributed by atoms with van der Waals surface area (Å²) in [5.74, 6) is 1.78. The zero-order valence-corrected chi connectivity index (χ0v) is 14.0. The van der Waals surface area contributed by atoms with Gasteiger partial charge in [0.15, 0.2) is 0 Å². The first-order valence-electron chi connectivity index (χ1n) is 8.92. The molecule has 0 saturated carbocycles. The Kier molecular flexibility index (Phi) is 4.09. The Labute approximate surface area is 137 Å². The number of aromatic amines is 1. The Morgan fingerprint density at radius 3 is 2.70 bits per heavy atom. The third kappa shape index (κ3) is 2.89. The number of para-hydroxylation sites is 2. The highest BCUT2D eigenvalue weighted by atomic mass is 15.4. The van der Waals surface area contributed by atoms with Crippen LogP contribution in [0.3, 0.4) is 0 Å². The van der Waals surface area contributed by atoms with E-state index in [1.165, 1.54) is 25.8 Å². The van der Waals surface area contributed by atoms with Crippen LogP contribution in [0.25, 0.3) is 11.0 Å². The molecule has 3 N–H and O–H groups in total. The zero-order valence-electron chi connectivity index (χ0n) is 14.0. The molecule has 3 heterocycles. The normalized spacial score (nSPS) is 32.6. The first kappa shape index (κ1) is 15.1. The monoisotopic (exact) mass is 313 g/mol. The van der Waals surface area contributed by atoms with E-state index < -0.39 is 0 Å². The molecule has 3 atom stereocenters. The molecule has 2 aliphatic rings. The highest BCUT2D eigenvalue weighted by molar-refractivity contribution is 5.74. The predicted molar refractivity (Wildman–Crippen MR) is 92.9 cm³/mol. The molecular formula is C18H27N5. The number of rotatable bonds is 3. The SMILES string of the molecule is CC1NNC(C)C1CN1CCCCC1c1nc2ccccc2[nH]1. The van der Waals surface area contributed by atoms with Crippen LogP contribution >= 0.6 is 0 Å². The van der Waals surface area contributed by atoms with E-state index >= 15 is 0 Å². The number of hydrogen-bond donors (Lipinski definition) is 3. The van der Waals surface area contributed by atoms with Crippen LogP contribution in [0, 0.1) is 5.92 Å². The Morgan fingerprint density at radius 2 is 1.91 bits per heavy atom. The summed E-state index contributed by atoms with van der Waals surface area (Å²) in [6, 6.07) is 9.81. The zero-order chi connectivity index (χ0) is 15.8. The summed E-state index contributed by atoms with van der Waals surface area (Å²) in [6.45, 7) is 6.87. The molecule has 1 aromatic heterocycles. The van der Waals surface area contributed by atoms with Gasteiger partial charge >= 0.3 is 0 Å². The Bertz CT molecular complexity index is 623. The third-order valence-corrected chi connectivity index (χ3v) is 5.61. The summed E-state index contributed by atoms with van der Waals surface area (Å²) in [7, 11) is 0. The minimum Gasteiger partial charge on any atom is -0.341 e. The van der Waals surface area contributed by atoms with E-state index in [4.69, 9.17) is 4.98 Å². The first-order chi connectivity index (χ1) is 11.2. The lowest BCUT2D eigenvalue weighted by Gasteiger charge is -2.37. The summed E-state index contributed by atoms with van der Waals surface area (Å²) >= 11 is 0. The van der Waals surface area contributed by atoms with Crippen molar-refractivity contribution in [2.75, 3.05) is 13.1 Å². The van der Waals surface area contributed by atoms with Crippen molar-refractivity contribution >= 4 is 11.0 Å². The van der Waals surface area contributed by atoms with Gasteiger partial charge in [-0.25, -0.2) is 4.98 Å². The molecule has 2 fully saturated rings. The van der Waals surface area contributed by atoms with Crippen LogP contribution in [0.5, 0.6) is 0 Å². The van der Waals surface area contributed by atoms with E-state index in [9.17, 15) is 0 Å². The van der Waals surface area contributed by atoms with Gasteiger partial charge in [-0.2, -0.15) is 0 Å². The minimum absolute atomic E-state index is 0.427. The van der Waals surface area contributed by atoms with Crippen LogP contribution in [0.15, 0.2) is 24.3 Å². The number of imidazole rings is 1. The second-order valence-electron chi connectivity index (χ2n) is 7.18. The van der Waals surface area contributed by atoms with E-state index in [1.54, 1.807) is 0 Å². The number of benzene rings is 1. The number of hydrazine groups is 1. The molecule has 2 aliphatic heterocycles. The lowest BCUT2D eigenvalue weighted by atomic mass is 9.93. The fraction of sp³-hybridized carbons (Fsp3) is 0.611. The van der Waals surface area contributed by atoms with Crippen molar-refractivity contribution in [3.8, 4) is 0 Å². The van der Waals surface area contributed by atoms with Gasteiger partial charge in [0.2, 0.25) is 0 Å². The molecule has 0 aliphatic carbocycles. The molecular weight excluding hydrogens is 286 g/mol. The fourth-order valence-electron chi connectivity index (χ4n) is 4.15. The molecule has 124 valence electrons. The quantitative estimate of drug-likeness (QED) is 0.815. The van der Waals surface area contributed by atoms with E-state index in [2.05, 4.69) is 58.8 Å². The number of hydrogen-bond acceptors (Lipinski definition) is 4. The maximum atomic E-state index is 4.87. The molecule has 0 bridgehead atoms. The van der Waals surface area contributed by atoms with Gasteiger partial charge in [-0.15, -0.1) is 0 Å². The molecule has 0 spiro atoms. The lowest BCUT2D eigenvalue weighted by Crippen LogP contribution is -2.42. The van der Waals surface area contributed by atoms with Crippen LogP contribution in [0.4, 0.5) is 0 Å². The molecule has 23 heavy (non-hydrogen) atoms. The van der Waals surface area contributed by atoms with Crippen molar-refractivity contribution in [2.45, 2.75) is 51.2 Å². The van der Waals surface area contributed by atoms with Crippen molar-refractivity contribution in [3.05, 3.63) is 30.1 Å². The average molecular weight is 313 g/mol. The van der Waals surface area contributed by atoms with Gasteiger partial charge < -0.3 is 4.98 Å². The fourth-order valence-corrected chi connectivity index (χ4v) is 4.15. The summed E-state index contributed by atoms with van der Waals surface area (Å²) in [5, 5.41) is 0. The van der Waals surface area contributed by atoms with E-state index in [0.717, 1.165) is 23.4 Å². The largest absolute Gasteiger partial charge is 0.341 e. The van der Waals surface area contributed by atoms with E-state index in [1.807, 2.05) is 0 Å². The van der Waals surface area contributed by atoms with Gasteiger partial charge in [0.25, 0.3) is 0 Å². The van der Waals surface area contributed by atoms with Crippen LogP contribution in [-0.2, 0) is 0 Å². The van der Waals surface area contributed by atoms with Gasteiger partial charge in [0.1, 0.15) is 5.82 Å². The van der Waals surface area contributed by atoms with Crippen LogP contribution in [0.1, 0.15) is 45.0 Å². The topological polar surface area (TPSA) is 56.0 Å². The van der Waals surface area contributed by atoms with Crippen molar-refractivity contribution in [3.63, 3.8) is 0 Å². The molecule has 2 aromatic rings. The van der Waals surface area contributed by atoms with Gasteiger partial charge in [-0.05, 0) is 45.4 Å². The standard InChI is InChI=1S/C18H27N5/c1-12-14(13(2)22-21-12)11-23-10-6-5-9-17(23)18-19-15-7-3-4-8-16(15)20-18/h3-4,7-8,12-14,17,21-22H,5-6,9-11H2,1-2H3,(H,19,20). The summed E-state index contributed by atoms with van der Waals surface area (Å²) in [4.78, 5) is 11.1. The minimum atomic E-state index is 0.427. The molecule has 0 amide bonds. The third-order valence-electron chi connectivity index (χ3n) is 5.61. The van der Waals surface area contributed by atoms with Crippen molar-refractivity contribution in [1.29, 1.82) is 0 Å². The summed E-state index contributed by atoms with van der Waals surface area (Å²) < 4.78 is 0. The van der Waals surface area contributed by atoms with Crippen LogP contribution < -0.4 is 10.9 Å². The number of nitrogens with zero attached hydrogens (tertiary/aromatic N) is 2. The Morgan fingerprint density at radius 1 is 1.13 bits per heavy atom. The summed E-state index contributed by atoms with van der Waals surface area (Å²) in [6.07, 6.45) is 3.80. The number of piperidine rings is 1. The highest BCUT2D eigenvalue weighted by Crippen LogP contribution is 2.32. The predicted octanol–water partition coefficient (Wildman–Crippen LogP) is 2.59. The van der Waals surface area contributed by atoms with E-state index in [0.29, 0.717) is 24.0 Å². The van der Waals surface area contributed by atoms with Crippen molar-refractivity contribution < 1.29 is 0 Å². The highest BCUT2D eigenvalue weighted by Gasteiger charge is 2.35. The van der Waals surface area contributed by atoms with Gasteiger partial charge in [-0.3, -0.25) is 15.8 Å². The first-order valence-corrected chi connectivity index (χ1v) is 8.92. The van der Waals surface area contributed by atoms with E-state index in [-0.39, 0.29) is 0 Å². The Hall–Kier alpha value is -1.43. The van der Waals surface area contributed by atoms with Crippen molar-refractivity contribution in [2.24, 2.45) is 5.92 Å². The van der Waals surface area contributed by atoms with Gasteiger partial charge in [-0.1, -0.05) is 18.6 Å². The Balaban J connectivity index is 1.57. The molecule has 1 aromatic carbocycles. The second kappa shape index (κ2) is 6.23. The van der Waals surface area contributed by atoms with Gasteiger partial charge in [0.05, 0.1) is 17.1 Å². The molecule has 5 heteroatoms. The molecule has 4 rings (SSSR count). The van der Waals surface area contributed by atoms with Crippen LogP contribution in [0.2, 0.25) is 0 Å². The smallest absolute Gasteiger partial charge is 0.124 e. The number of likely N-dealkylation sites (tertiary alicyclic amines) is 1. The maximum absolute atomic E-state index is 4.87. The molecule has 3 unspecified atom stereocenters. The number of H-pyrrole nitrogens is 1. The van der Waals surface area contributed by atoms with Crippen molar-refractivity contribution in [1.82, 2.24) is 25.7 Å².